The van der Waals surface area contributed by atoms with E-state index in [2.05, 4.69) is 20.2 Å². The Morgan fingerprint density at radius 3 is 2.67 bits per heavy atom. The Bertz CT molecular complexity index is 885. The lowest BCUT2D eigenvalue weighted by molar-refractivity contribution is 0.0640. The number of hydrogen-bond donors (Lipinski definition) is 0. The Hall–Kier alpha value is -3.00. The number of likely N-dealkylation sites (N-methyl/N-ethyl adjacent to an activating group) is 1. The normalized spacial score (nSPS) is 11.8. The van der Waals surface area contributed by atoms with E-state index in [0.29, 0.717) is 23.1 Å². The fraction of sp³-hybridized carbons (Fsp3) is 0.278. The summed E-state index contributed by atoms with van der Waals surface area (Å²) >= 11 is 5.82. The minimum absolute atomic E-state index is 0.194. The maximum Gasteiger partial charge on any atom is 0.275 e. The number of halogens is 1. The van der Waals surface area contributed by atoms with E-state index in [1.165, 1.54) is 11.0 Å². The number of rotatable bonds is 7. The highest BCUT2D eigenvalue weighted by Crippen LogP contribution is 2.16. The Morgan fingerprint density at radius 2 is 2.00 bits per heavy atom. The first kappa shape index (κ1) is 18.8. The van der Waals surface area contributed by atoms with Gasteiger partial charge in [0, 0.05) is 25.0 Å². The predicted octanol–water partition coefficient (Wildman–Crippen LogP) is 2.64. The zero-order chi connectivity index (χ0) is 19.2. The summed E-state index contributed by atoms with van der Waals surface area (Å²) in [6.45, 7) is 4.60. The summed E-state index contributed by atoms with van der Waals surface area (Å²) in [6, 6.07) is 6.69. The fourth-order valence-corrected chi connectivity index (χ4v) is 2.71. The van der Waals surface area contributed by atoms with Gasteiger partial charge in [-0.15, -0.1) is 4.80 Å². The zero-order valence-corrected chi connectivity index (χ0v) is 15.7. The molecule has 3 rings (SSSR count). The Kier molecular flexibility index (Phi) is 5.97. The third-order valence-electron chi connectivity index (χ3n) is 3.93. The van der Waals surface area contributed by atoms with Crippen LogP contribution in [0.1, 0.15) is 24.3 Å². The van der Waals surface area contributed by atoms with Crippen molar-refractivity contribution in [3.63, 3.8) is 0 Å². The van der Waals surface area contributed by atoms with Gasteiger partial charge in [0.25, 0.3) is 5.91 Å². The van der Waals surface area contributed by atoms with E-state index >= 15 is 0 Å². The quantitative estimate of drug-likeness (QED) is 0.620. The van der Waals surface area contributed by atoms with Crippen molar-refractivity contribution in [1.29, 1.82) is 0 Å². The van der Waals surface area contributed by atoms with Crippen LogP contribution in [0.3, 0.4) is 0 Å². The highest BCUT2D eigenvalue weighted by molar-refractivity contribution is 6.30. The molecule has 0 saturated heterocycles. The molecule has 1 atom stereocenters. The number of carbonyl (C=O) groups is 1. The van der Waals surface area contributed by atoms with Gasteiger partial charge in [-0.05, 0) is 32.0 Å². The SMILES string of the molecule is CCN(C(=O)c1ncccc1-n1nccn1)[C@@H](C)COc1ccc(Cl)cn1. The van der Waals surface area contributed by atoms with Gasteiger partial charge in [-0.1, -0.05) is 11.6 Å². The number of pyridine rings is 2. The molecule has 27 heavy (non-hydrogen) atoms. The van der Waals surface area contributed by atoms with E-state index in [-0.39, 0.29) is 24.2 Å². The highest BCUT2D eigenvalue weighted by Gasteiger charge is 2.25. The van der Waals surface area contributed by atoms with Crippen LogP contribution in [-0.4, -0.2) is 55.0 Å². The molecule has 0 saturated carbocycles. The molecule has 0 aliphatic rings. The van der Waals surface area contributed by atoms with Crippen molar-refractivity contribution >= 4 is 17.5 Å². The van der Waals surface area contributed by atoms with Crippen LogP contribution >= 0.6 is 11.6 Å². The minimum Gasteiger partial charge on any atom is -0.475 e. The maximum absolute atomic E-state index is 13.1. The molecule has 0 fully saturated rings. The first-order chi connectivity index (χ1) is 13.1. The molecule has 0 unspecified atom stereocenters. The van der Waals surface area contributed by atoms with Crippen molar-refractivity contribution < 1.29 is 9.53 Å². The number of aromatic nitrogens is 5. The lowest BCUT2D eigenvalue weighted by Gasteiger charge is -2.28. The summed E-state index contributed by atoms with van der Waals surface area (Å²) in [5, 5.41) is 8.73. The average Bonchev–Trinajstić information content (AvgIpc) is 3.22. The predicted molar refractivity (Wildman–Crippen MR) is 100 cm³/mol. The third-order valence-corrected chi connectivity index (χ3v) is 4.15. The molecule has 0 aromatic carbocycles. The second-order valence-electron chi connectivity index (χ2n) is 5.76. The van der Waals surface area contributed by atoms with Gasteiger partial charge in [-0.2, -0.15) is 10.2 Å². The Balaban J connectivity index is 1.75. The molecule has 3 heterocycles. The van der Waals surface area contributed by atoms with Crippen LogP contribution in [-0.2, 0) is 0 Å². The van der Waals surface area contributed by atoms with Crippen LogP contribution in [0.5, 0.6) is 5.88 Å². The molecular formula is C18H19ClN6O2. The lowest BCUT2D eigenvalue weighted by atomic mass is 10.2. The number of ether oxygens (including phenoxy) is 1. The van der Waals surface area contributed by atoms with E-state index in [1.807, 2.05) is 13.8 Å². The summed E-state index contributed by atoms with van der Waals surface area (Å²) in [5.41, 5.74) is 0.811. The van der Waals surface area contributed by atoms with Gasteiger partial charge >= 0.3 is 0 Å². The molecule has 0 radical (unpaired) electrons. The number of nitrogens with zero attached hydrogens (tertiary/aromatic N) is 6. The van der Waals surface area contributed by atoms with E-state index in [1.54, 1.807) is 47.8 Å². The van der Waals surface area contributed by atoms with Gasteiger partial charge in [-0.3, -0.25) is 4.79 Å². The van der Waals surface area contributed by atoms with Gasteiger partial charge in [-0.25, -0.2) is 9.97 Å². The average molecular weight is 387 g/mol. The Morgan fingerprint density at radius 1 is 1.22 bits per heavy atom. The molecule has 0 aliphatic carbocycles. The van der Waals surface area contributed by atoms with E-state index in [9.17, 15) is 4.79 Å². The van der Waals surface area contributed by atoms with Crippen LogP contribution in [0.2, 0.25) is 5.02 Å². The molecule has 0 N–H and O–H groups in total. The van der Waals surface area contributed by atoms with E-state index in [0.717, 1.165) is 0 Å². The van der Waals surface area contributed by atoms with Crippen molar-refractivity contribution in [2.45, 2.75) is 19.9 Å². The van der Waals surface area contributed by atoms with Crippen molar-refractivity contribution in [3.8, 4) is 11.6 Å². The molecule has 3 aromatic rings. The number of carbonyl (C=O) groups excluding carboxylic acids is 1. The lowest BCUT2D eigenvalue weighted by Crippen LogP contribution is -2.42. The third kappa shape index (κ3) is 4.40. The maximum atomic E-state index is 13.1. The van der Waals surface area contributed by atoms with Crippen LogP contribution < -0.4 is 4.74 Å². The number of hydrogen-bond acceptors (Lipinski definition) is 6. The second kappa shape index (κ2) is 8.59. The van der Waals surface area contributed by atoms with Crippen LogP contribution in [0, 0.1) is 0 Å². The topological polar surface area (TPSA) is 86.0 Å². The standard InChI is InChI=1S/C18H19ClN6O2/c1-3-24(13(2)12-27-16-7-6-14(19)11-21-16)18(26)17-15(5-4-8-20-17)25-22-9-10-23-25/h4-11,13H,3,12H2,1-2H3/t13-/m0/s1. The molecule has 1 amide bonds. The van der Waals surface area contributed by atoms with Crippen LogP contribution in [0.25, 0.3) is 5.69 Å². The molecule has 8 nitrogen and oxygen atoms in total. The largest absolute Gasteiger partial charge is 0.475 e. The molecular weight excluding hydrogens is 368 g/mol. The second-order valence-corrected chi connectivity index (χ2v) is 6.19. The summed E-state index contributed by atoms with van der Waals surface area (Å²) in [4.78, 5) is 24.5. The van der Waals surface area contributed by atoms with Crippen molar-refractivity contribution in [2.75, 3.05) is 13.2 Å². The smallest absolute Gasteiger partial charge is 0.275 e. The highest BCUT2D eigenvalue weighted by atomic mass is 35.5. The van der Waals surface area contributed by atoms with Gasteiger partial charge in [0.2, 0.25) is 5.88 Å². The van der Waals surface area contributed by atoms with Crippen molar-refractivity contribution in [1.82, 2.24) is 29.9 Å². The monoisotopic (exact) mass is 386 g/mol. The molecule has 0 bridgehead atoms. The molecule has 0 aliphatic heterocycles. The van der Waals surface area contributed by atoms with Crippen molar-refractivity contribution in [3.05, 3.63) is 59.8 Å². The Labute approximate surface area is 161 Å². The first-order valence-electron chi connectivity index (χ1n) is 8.47. The van der Waals surface area contributed by atoms with Gasteiger partial charge in [0.15, 0.2) is 5.69 Å². The first-order valence-corrected chi connectivity index (χ1v) is 8.85. The number of amides is 1. The summed E-state index contributed by atoms with van der Waals surface area (Å²) in [6.07, 6.45) is 6.19. The van der Waals surface area contributed by atoms with Crippen LogP contribution in [0.4, 0.5) is 0 Å². The van der Waals surface area contributed by atoms with Gasteiger partial charge in [0.1, 0.15) is 12.3 Å². The molecule has 9 heteroatoms. The van der Waals surface area contributed by atoms with Gasteiger partial charge in [0.05, 0.1) is 23.5 Å². The minimum atomic E-state index is -0.217. The summed E-state index contributed by atoms with van der Waals surface area (Å²) in [7, 11) is 0. The van der Waals surface area contributed by atoms with Crippen LogP contribution in [0.15, 0.2) is 49.1 Å². The summed E-state index contributed by atoms with van der Waals surface area (Å²) < 4.78 is 5.68. The van der Waals surface area contributed by atoms with E-state index in [4.69, 9.17) is 16.3 Å². The van der Waals surface area contributed by atoms with Crippen molar-refractivity contribution in [2.24, 2.45) is 0 Å². The van der Waals surface area contributed by atoms with Gasteiger partial charge < -0.3 is 9.64 Å². The molecule has 3 aromatic heterocycles. The molecule has 0 spiro atoms. The summed E-state index contributed by atoms with van der Waals surface area (Å²) in [5.74, 6) is 0.236. The fourth-order valence-electron chi connectivity index (χ4n) is 2.60. The molecule has 140 valence electrons. The van der Waals surface area contributed by atoms with E-state index < -0.39 is 0 Å². The zero-order valence-electron chi connectivity index (χ0n) is 15.0.